The predicted octanol–water partition coefficient (Wildman–Crippen LogP) is 2.67. The lowest BCUT2D eigenvalue weighted by Gasteiger charge is -2.25. The van der Waals surface area contributed by atoms with Crippen LogP contribution >= 0.6 is 15.9 Å². The van der Waals surface area contributed by atoms with Crippen molar-refractivity contribution >= 4 is 27.5 Å². The average molecular weight is 343 g/mol. The third-order valence-corrected chi connectivity index (χ3v) is 4.18. The molecule has 5 nitrogen and oxygen atoms in total. The minimum atomic E-state index is -0.299. The van der Waals surface area contributed by atoms with E-state index in [9.17, 15) is 9.59 Å². The average Bonchev–Trinajstić information content (AvgIpc) is 2.43. The van der Waals surface area contributed by atoms with Crippen molar-refractivity contribution in [1.29, 1.82) is 0 Å². The van der Waals surface area contributed by atoms with Gasteiger partial charge >= 0.3 is 0 Å². The SMILES string of the molecule is CC1CCC(OCC(=O)Nc2c[nH]cc(Br)c2=O)CC1. The summed E-state index contributed by atoms with van der Waals surface area (Å²) >= 11 is 3.12. The molecule has 1 amide bonds. The lowest BCUT2D eigenvalue weighted by molar-refractivity contribution is -0.123. The fourth-order valence-electron chi connectivity index (χ4n) is 2.33. The molecule has 1 aromatic heterocycles. The number of hydrogen-bond acceptors (Lipinski definition) is 3. The number of ether oxygens (including phenoxy) is 1. The molecule has 0 bridgehead atoms. The number of aromatic nitrogens is 1. The van der Waals surface area contributed by atoms with E-state index in [1.165, 1.54) is 12.4 Å². The van der Waals surface area contributed by atoms with Gasteiger partial charge in [0.2, 0.25) is 5.43 Å². The molecular weight excluding hydrogens is 324 g/mol. The molecule has 0 saturated heterocycles. The van der Waals surface area contributed by atoms with E-state index in [-0.39, 0.29) is 29.7 Å². The van der Waals surface area contributed by atoms with E-state index in [1.807, 2.05) is 0 Å². The Bertz CT molecular complexity index is 521. The molecule has 1 aliphatic carbocycles. The Hall–Kier alpha value is -1.14. The van der Waals surface area contributed by atoms with Crippen LogP contribution in [0, 0.1) is 5.92 Å². The van der Waals surface area contributed by atoms with Gasteiger partial charge in [0.25, 0.3) is 5.91 Å². The van der Waals surface area contributed by atoms with Crippen LogP contribution in [0.4, 0.5) is 5.69 Å². The van der Waals surface area contributed by atoms with Crippen LogP contribution in [0.15, 0.2) is 21.7 Å². The molecule has 1 fully saturated rings. The van der Waals surface area contributed by atoms with Crippen LogP contribution in [0.25, 0.3) is 0 Å². The van der Waals surface area contributed by atoms with Gasteiger partial charge < -0.3 is 15.0 Å². The molecule has 0 spiro atoms. The Labute approximate surface area is 126 Å². The van der Waals surface area contributed by atoms with Crippen molar-refractivity contribution in [3.63, 3.8) is 0 Å². The number of halogens is 1. The number of carbonyl (C=O) groups excluding carboxylic acids is 1. The summed E-state index contributed by atoms with van der Waals surface area (Å²) in [6.45, 7) is 2.23. The molecule has 1 aromatic rings. The van der Waals surface area contributed by atoms with Crippen LogP contribution in [-0.4, -0.2) is 23.6 Å². The second-order valence-corrected chi connectivity index (χ2v) is 6.14. The molecule has 2 rings (SSSR count). The van der Waals surface area contributed by atoms with Gasteiger partial charge in [-0.15, -0.1) is 0 Å². The number of carbonyl (C=O) groups is 1. The van der Waals surface area contributed by atoms with E-state index in [0.29, 0.717) is 4.47 Å². The summed E-state index contributed by atoms with van der Waals surface area (Å²) < 4.78 is 5.99. The molecule has 6 heteroatoms. The van der Waals surface area contributed by atoms with Crippen LogP contribution in [-0.2, 0) is 9.53 Å². The number of rotatable bonds is 4. The first-order chi connectivity index (χ1) is 9.56. The zero-order valence-electron chi connectivity index (χ0n) is 11.4. The third-order valence-electron chi connectivity index (χ3n) is 3.59. The largest absolute Gasteiger partial charge is 0.368 e. The zero-order valence-corrected chi connectivity index (χ0v) is 13.0. The molecule has 2 N–H and O–H groups in total. The Morgan fingerprint density at radius 2 is 2.10 bits per heavy atom. The summed E-state index contributed by atoms with van der Waals surface area (Å²) in [6.07, 6.45) is 7.47. The van der Waals surface area contributed by atoms with Crippen molar-refractivity contribution in [1.82, 2.24) is 4.98 Å². The van der Waals surface area contributed by atoms with Crippen LogP contribution in [0.1, 0.15) is 32.6 Å². The van der Waals surface area contributed by atoms with E-state index >= 15 is 0 Å². The van der Waals surface area contributed by atoms with Gasteiger partial charge in [-0.05, 0) is 47.5 Å². The monoisotopic (exact) mass is 342 g/mol. The fourth-order valence-corrected chi connectivity index (χ4v) is 2.67. The first-order valence-corrected chi connectivity index (χ1v) is 7.63. The highest BCUT2D eigenvalue weighted by molar-refractivity contribution is 9.10. The summed E-state index contributed by atoms with van der Waals surface area (Å²) in [7, 11) is 0. The van der Waals surface area contributed by atoms with Gasteiger partial charge in [0.1, 0.15) is 12.3 Å². The third kappa shape index (κ3) is 4.18. The smallest absolute Gasteiger partial charge is 0.250 e. The quantitative estimate of drug-likeness (QED) is 0.883. The summed E-state index contributed by atoms with van der Waals surface area (Å²) in [5.41, 5.74) is -0.0196. The maximum absolute atomic E-state index is 11.8. The molecule has 1 saturated carbocycles. The maximum atomic E-state index is 11.8. The van der Waals surface area contributed by atoms with E-state index in [2.05, 4.69) is 33.2 Å². The van der Waals surface area contributed by atoms with E-state index in [1.54, 1.807) is 0 Å². The number of hydrogen-bond donors (Lipinski definition) is 2. The van der Waals surface area contributed by atoms with Crippen LogP contribution in [0.3, 0.4) is 0 Å². The highest BCUT2D eigenvalue weighted by Crippen LogP contribution is 2.25. The van der Waals surface area contributed by atoms with Gasteiger partial charge in [-0.2, -0.15) is 0 Å². The topological polar surface area (TPSA) is 71.2 Å². The molecule has 1 heterocycles. The van der Waals surface area contributed by atoms with Crippen molar-refractivity contribution in [3.8, 4) is 0 Å². The summed E-state index contributed by atoms with van der Waals surface area (Å²) in [5, 5.41) is 2.56. The lowest BCUT2D eigenvalue weighted by atomic mass is 9.89. The fraction of sp³-hybridized carbons (Fsp3) is 0.571. The molecule has 1 aliphatic rings. The Kier molecular flexibility index (Phi) is 5.37. The summed E-state index contributed by atoms with van der Waals surface area (Å²) in [5.74, 6) is 0.455. The maximum Gasteiger partial charge on any atom is 0.250 e. The van der Waals surface area contributed by atoms with Crippen molar-refractivity contribution in [2.75, 3.05) is 11.9 Å². The molecular formula is C14H19BrN2O3. The normalized spacial score (nSPS) is 22.5. The second-order valence-electron chi connectivity index (χ2n) is 5.29. The minimum absolute atomic E-state index is 0.00893. The van der Waals surface area contributed by atoms with Crippen molar-refractivity contribution in [3.05, 3.63) is 27.1 Å². The van der Waals surface area contributed by atoms with Crippen LogP contribution in [0.5, 0.6) is 0 Å². The van der Waals surface area contributed by atoms with Gasteiger partial charge in [-0.3, -0.25) is 9.59 Å². The zero-order chi connectivity index (χ0) is 14.5. The number of aromatic amines is 1. The summed E-state index contributed by atoms with van der Waals surface area (Å²) in [6, 6.07) is 0. The molecule has 0 atom stereocenters. The Morgan fingerprint density at radius 1 is 1.40 bits per heavy atom. The Balaban J connectivity index is 1.81. The van der Waals surface area contributed by atoms with E-state index in [4.69, 9.17) is 4.74 Å². The van der Waals surface area contributed by atoms with Crippen molar-refractivity contribution in [2.24, 2.45) is 5.92 Å². The van der Waals surface area contributed by atoms with Gasteiger partial charge in [0.15, 0.2) is 0 Å². The van der Waals surface area contributed by atoms with Crippen LogP contribution < -0.4 is 10.7 Å². The number of amides is 1. The molecule has 0 aromatic carbocycles. The number of nitrogens with one attached hydrogen (secondary N) is 2. The molecule has 0 radical (unpaired) electrons. The highest BCUT2D eigenvalue weighted by Gasteiger charge is 2.19. The number of pyridine rings is 1. The first-order valence-electron chi connectivity index (χ1n) is 6.84. The van der Waals surface area contributed by atoms with Crippen molar-refractivity contribution < 1.29 is 9.53 Å². The van der Waals surface area contributed by atoms with Crippen molar-refractivity contribution in [2.45, 2.75) is 38.7 Å². The van der Waals surface area contributed by atoms with E-state index < -0.39 is 0 Å². The number of H-pyrrole nitrogens is 1. The summed E-state index contributed by atoms with van der Waals surface area (Å²) in [4.78, 5) is 26.3. The predicted molar refractivity (Wildman–Crippen MR) is 80.8 cm³/mol. The molecule has 110 valence electrons. The molecule has 0 aliphatic heterocycles. The minimum Gasteiger partial charge on any atom is -0.368 e. The Morgan fingerprint density at radius 3 is 2.80 bits per heavy atom. The van der Waals surface area contributed by atoms with E-state index in [0.717, 1.165) is 31.6 Å². The second kappa shape index (κ2) is 7.04. The van der Waals surface area contributed by atoms with Gasteiger partial charge in [0, 0.05) is 12.4 Å². The standard InChI is InChI=1S/C14H19BrN2O3/c1-9-2-4-10(5-3-9)20-8-13(18)17-12-7-16-6-11(15)14(12)19/h6-7,9-10H,2-5,8H2,1H3,(H,16,19)(H,17,18). The van der Waals surface area contributed by atoms with Gasteiger partial charge in [-0.25, -0.2) is 0 Å². The molecule has 20 heavy (non-hydrogen) atoms. The number of anilines is 1. The first kappa shape index (κ1) is 15.3. The molecule has 0 unspecified atom stereocenters. The van der Waals surface area contributed by atoms with Gasteiger partial charge in [-0.1, -0.05) is 6.92 Å². The highest BCUT2D eigenvalue weighted by atomic mass is 79.9. The van der Waals surface area contributed by atoms with Gasteiger partial charge in [0.05, 0.1) is 10.6 Å². The van der Waals surface area contributed by atoms with Crippen LogP contribution in [0.2, 0.25) is 0 Å². The lowest BCUT2D eigenvalue weighted by Crippen LogP contribution is -2.27.